The van der Waals surface area contributed by atoms with Crippen LogP contribution in [-0.2, 0) is 4.79 Å². The Morgan fingerprint density at radius 2 is 1.78 bits per heavy atom. The number of carbonyl (C=O) groups excluding carboxylic acids is 1. The molecule has 0 radical (unpaired) electrons. The minimum absolute atomic E-state index is 0.0681. The molecule has 2 aromatic rings. The van der Waals surface area contributed by atoms with Crippen LogP contribution in [-0.4, -0.2) is 10.8 Å². The van der Waals surface area contributed by atoms with Crippen molar-refractivity contribution in [3.63, 3.8) is 0 Å². The van der Waals surface area contributed by atoms with Crippen molar-refractivity contribution < 1.29 is 9.72 Å². The highest BCUT2D eigenvalue weighted by Crippen LogP contribution is 2.47. The first-order chi connectivity index (χ1) is 11.1. The lowest BCUT2D eigenvalue weighted by atomic mass is 9.93. The average Bonchev–Trinajstić information content (AvgIpc) is 2.89. The van der Waals surface area contributed by atoms with E-state index in [9.17, 15) is 14.9 Å². The second-order valence-electron chi connectivity index (χ2n) is 5.79. The Kier molecular flexibility index (Phi) is 3.01. The van der Waals surface area contributed by atoms with Crippen LogP contribution in [0.3, 0.4) is 0 Å². The van der Waals surface area contributed by atoms with E-state index in [0.29, 0.717) is 6.42 Å². The zero-order valence-corrected chi connectivity index (χ0v) is 12.3. The van der Waals surface area contributed by atoms with Crippen molar-refractivity contribution in [2.45, 2.75) is 18.9 Å². The number of benzene rings is 2. The van der Waals surface area contributed by atoms with Crippen LogP contribution in [0.1, 0.15) is 35.6 Å². The maximum atomic E-state index is 11.8. The van der Waals surface area contributed by atoms with Crippen molar-refractivity contribution in [2.24, 2.45) is 0 Å². The smallest absolute Gasteiger partial charge is 0.269 e. The summed E-state index contributed by atoms with van der Waals surface area (Å²) in [6.07, 6.45) is 1.20. The van der Waals surface area contributed by atoms with Gasteiger partial charge in [0, 0.05) is 18.6 Å². The molecule has 1 heterocycles. The molecule has 1 N–H and O–H groups in total. The highest BCUT2D eigenvalue weighted by Gasteiger charge is 2.35. The Morgan fingerprint density at radius 1 is 1.04 bits per heavy atom. The van der Waals surface area contributed by atoms with Gasteiger partial charge in [0.2, 0.25) is 5.91 Å². The topological polar surface area (TPSA) is 72.2 Å². The normalized spacial score (nSPS) is 19.1. The molecular weight excluding hydrogens is 292 g/mol. The van der Waals surface area contributed by atoms with E-state index >= 15 is 0 Å². The van der Waals surface area contributed by atoms with Crippen LogP contribution in [0.25, 0.3) is 5.57 Å². The van der Waals surface area contributed by atoms with Crippen LogP contribution in [0, 0.1) is 10.1 Å². The molecule has 5 heteroatoms. The van der Waals surface area contributed by atoms with Crippen LogP contribution in [0.15, 0.2) is 54.1 Å². The van der Waals surface area contributed by atoms with Crippen LogP contribution >= 0.6 is 0 Å². The molecule has 0 aromatic heterocycles. The number of carbonyl (C=O) groups is 1. The summed E-state index contributed by atoms with van der Waals surface area (Å²) in [5, 5.41) is 13.9. The van der Waals surface area contributed by atoms with Gasteiger partial charge in [-0.05, 0) is 46.4 Å². The molecule has 2 aromatic carbocycles. The molecule has 1 fully saturated rings. The van der Waals surface area contributed by atoms with Crippen molar-refractivity contribution in [3.05, 3.63) is 80.9 Å². The monoisotopic (exact) mass is 306 g/mol. The maximum Gasteiger partial charge on any atom is 0.269 e. The third kappa shape index (κ3) is 2.12. The average molecular weight is 306 g/mol. The van der Waals surface area contributed by atoms with Crippen LogP contribution in [0.5, 0.6) is 0 Å². The maximum absolute atomic E-state index is 11.8. The number of rotatable bonds is 2. The van der Waals surface area contributed by atoms with E-state index in [0.717, 1.165) is 28.7 Å². The van der Waals surface area contributed by atoms with Crippen molar-refractivity contribution >= 4 is 17.2 Å². The van der Waals surface area contributed by atoms with Gasteiger partial charge in [0.05, 0.1) is 11.0 Å². The minimum atomic E-state index is -0.395. The first-order valence-electron chi connectivity index (χ1n) is 7.51. The molecule has 1 amide bonds. The highest BCUT2D eigenvalue weighted by molar-refractivity contribution is 5.92. The fourth-order valence-corrected chi connectivity index (χ4v) is 3.49. The number of piperidine rings is 1. The number of nitro groups is 1. The summed E-state index contributed by atoms with van der Waals surface area (Å²) < 4.78 is 0. The Morgan fingerprint density at radius 3 is 2.52 bits per heavy atom. The van der Waals surface area contributed by atoms with Crippen LogP contribution < -0.4 is 5.32 Å². The molecule has 1 atom stereocenters. The molecule has 1 aliphatic heterocycles. The van der Waals surface area contributed by atoms with Gasteiger partial charge in [-0.15, -0.1) is 0 Å². The van der Waals surface area contributed by atoms with Gasteiger partial charge in [0.25, 0.3) is 5.69 Å². The summed E-state index contributed by atoms with van der Waals surface area (Å²) in [6.45, 7) is 0. The van der Waals surface area contributed by atoms with Crippen molar-refractivity contribution in [2.75, 3.05) is 0 Å². The number of nitrogens with zero attached hydrogens (tertiary/aromatic N) is 1. The summed E-state index contributed by atoms with van der Waals surface area (Å²) in [5.74, 6) is 0.0681. The van der Waals surface area contributed by atoms with E-state index in [1.165, 1.54) is 17.7 Å². The molecule has 0 bridgehead atoms. The lowest BCUT2D eigenvalue weighted by Gasteiger charge is -2.23. The van der Waals surface area contributed by atoms with Gasteiger partial charge in [0.1, 0.15) is 0 Å². The Balaban J connectivity index is 1.86. The number of nitrogens with one attached hydrogen (secondary N) is 1. The zero-order chi connectivity index (χ0) is 16.0. The van der Waals surface area contributed by atoms with Crippen LogP contribution in [0.2, 0.25) is 0 Å². The minimum Gasteiger partial charge on any atom is -0.345 e. The van der Waals surface area contributed by atoms with Crippen molar-refractivity contribution in [3.8, 4) is 0 Å². The molecule has 1 saturated heterocycles. The quantitative estimate of drug-likeness (QED) is 0.683. The first-order valence-corrected chi connectivity index (χ1v) is 7.51. The molecule has 2 aliphatic rings. The number of non-ortho nitro benzene ring substituents is 1. The summed E-state index contributed by atoms with van der Waals surface area (Å²) in [6, 6.07) is 14.6. The van der Waals surface area contributed by atoms with E-state index in [1.807, 2.05) is 24.3 Å². The molecular formula is C18H14N2O3. The second kappa shape index (κ2) is 5.05. The molecule has 23 heavy (non-hydrogen) atoms. The molecule has 1 aliphatic carbocycles. The summed E-state index contributed by atoms with van der Waals surface area (Å²) >= 11 is 0. The first kappa shape index (κ1) is 13.7. The number of amides is 1. The van der Waals surface area contributed by atoms with Gasteiger partial charge in [-0.2, -0.15) is 0 Å². The van der Waals surface area contributed by atoms with E-state index in [-0.39, 0.29) is 17.6 Å². The van der Waals surface area contributed by atoms with Gasteiger partial charge in [-0.25, -0.2) is 0 Å². The summed E-state index contributed by atoms with van der Waals surface area (Å²) in [5.41, 5.74) is 5.53. The standard InChI is InChI=1S/C18H14N2O3/c21-16-10-9-15-17(11-5-7-12(8-6-11)20(22)23)13-3-1-2-4-14(13)18(15)19-16/h1-8,18H,9-10H2,(H,19,21). The summed E-state index contributed by atoms with van der Waals surface area (Å²) in [7, 11) is 0. The van der Waals surface area contributed by atoms with Gasteiger partial charge in [-0.3, -0.25) is 14.9 Å². The Bertz CT molecular complexity index is 853. The number of hydrogen-bond acceptors (Lipinski definition) is 3. The molecule has 0 spiro atoms. The second-order valence-corrected chi connectivity index (χ2v) is 5.79. The number of hydrogen-bond donors (Lipinski definition) is 1. The molecule has 1 unspecified atom stereocenters. The van der Waals surface area contributed by atoms with E-state index in [1.54, 1.807) is 12.1 Å². The number of nitro benzene ring substituents is 1. The van der Waals surface area contributed by atoms with Gasteiger partial charge in [-0.1, -0.05) is 24.3 Å². The predicted molar refractivity (Wildman–Crippen MR) is 85.7 cm³/mol. The third-order valence-corrected chi connectivity index (χ3v) is 4.50. The van der Waals surface area contributed by atoms with Gasteiger partial charge < -0.3 is 5.32 Å². The molecule has 4 rings (SSSR count). The van der Waals surface area contributed by atoms with Crippen molar-refractivity contribution in [1.82, 2.24) is 5.32 Å². The molecule has 0 saturated carbocycles. The Labute approximate surface area is 132 Å². The zero-order valence-electron chi connectivity index (χ0n) is 12.3. The van der Waals surface area contributed by atoms with Crippen LogP contribution in [0.4, 0.5) is 5.69 Å². The highest BCUT2D eigenvalue weighted by atomic mass is 16.6. The lowest BCUT2D eigenvalue weighted by molar-refractivity contribution is -0.384. The fourth-order valence-electron chi connectivity index (χ4n) is 3.49. The van der Waals surface area contributed by atoms with E-state index < -0.39 is 4.92 Å². The molecule has 5 nitrogen and oxygen atoms in total. The van der Waals surface area contributed by atoms with Gasteiger partial charge in [0.15, 0.2) is 0 Å². The van der Waals surface area contributed by atoms with Gasteiger partial charge >= 0.3 is 0 Å². The lowest BCUT2D eigenvalue weighted by Crippen LogP contribution is -2.32. The predicted octanol–water partition coefficient (Wildman–Crippen LogP) is 3.36. The fraction of sp³-hybridized carbons (Fsp3) is 0.167. The number of fused-ring (bicyclic) bond motifs is 3. The SMILES string of the molecule is O=C1CCC2=C(c3ccc([N+](=O)[O-])cc3)c3ccccc3C2N1. The van der Waals surface area contributed by atoms with E-state index in [4.69, 9.17) is 0 Å². The Hall–Kier alpha value is -2.95. The molecule has 114 valence electrons. The van der Waals surface area contributed by atoms with E-state index in [2.05, 4.69) is 5.32 Å². The third-order valence-electron chi connectivity index (χ3n) is 4.50. The van der Waals surface area contributed by atoms with Crippen molar-refractivity contribution in [1.29, 1.82) is 0 Å². The largest absolute Gasteiger partial charge is 0.345 e. The summed E-state index contributed by atoms with van der Waals surface area (Å²) in [4.78, 5) is 22.2.